The van der Waals surface area contributed by atoms with Gasteiger partial charge in [0.15, 0.2) is 0 Å². The standard InChI is InChI=1S/C18H25N5O3/c1-11(2)17(19)18(26)21-9-15(24)22-13-5-4-12-6-7-23(14(12)8-13)10-16(25)20-3/h4-8,11,17H,9-10,19H2,1-3H3,(H,20,25)(H,21,26)(H,22,24)/t17-/m0/s1. The van der Waals surface area contributed by atoms with Crippen molar-refractivity contribution in [2.45, 2.75) is 26.4 Å². The summed E-state index contributed by atoms with van der Waals surface area (Å²) < 4.78 is 1.80. The van der Waals surface area contributed by atoms with Crippen LogP contribution in [-0.4, -0.2) is 41.9 Å². The van der Waals surface area contributed by atoms with Crippen LogP contribution in [-0.2, 0) is 20.9 Å². The molecule has 0 spiro atoms. The first-order chi connectivity index (χ1) is 12.3. The molecule has 0 radical (unpaired) electrons. The van der Waals surface area contributed by atoms with Gasteiger partial charge in [-0.3, -0.25) is 14.4 Å². The van der Waals surface area contributed by atoms with Crippen molar-refractivity contribution in [3.63, 3.8) is 0 Å². The number of anilines is 1. The fourth-order valence-electron chi connectivity index (χ4n) is 2.43. The molecule has 140 valence electrons. The molecular formula is C18H25N5O3. The summed E-state index contributed by atoms with van der Waals surface area (Å²) in [4.78, 5) is 35.4. The second-order valence-electron chi connectivity index (χ2n) is 6.43. The van der Waals surface area contributed by atoms with Crippen LogP contribution in [0.1, 0.15) is 13.8 Å². The normalized spacial score (nSPS) is 12.0. The summed E-state index contributed by atoms with van der Waals surface area (Å²) in [5.74, 6) is -0.821. The number of hydrogen-bond acceptors (Lipinski definition) is 4. The van der Waals surface area contributed by atoms with Crippen molar-refractivity contribution < 1.29 is 14.4 Å². The second kappa shape index (κ2) is 8.48. The number of nitrogens with two attached hydrogens (primary N) is 1. The Kier molecular flexibility index (Phi) is 6.35. The zero-order valence-electron chi connectivity index (χ0n) is 15.2. The topological polar surface area (TPSA) is 118 Å². The van der Waals surface area contributed by atoms with Crippen molar-refractivity contribution in [3.8, 4) is 0 Å². The minimum Gasteiger partial charge on any atom is -0.358 e. The van der Waals surface area contributed by atoms with Gasteiger partial charge >= 0.3 is 0 Å². The molecule has 0 aliphatic carbocycles. The summed E-state index contributed by atoms with van der Waals surface area (Å²) in [5, 5.41) is 8.80. The lowest BCUT2D eigenvalue weighted by atomic mass is 10.1. The number of carbonyl (C=O) groups is 3. The Balaban J connectivity index is 2.01. The van der Waals surface area contributed by atoms with E-state index in [-0.39, 0.29) is 36.7 Å². The number of fused-ring (bicyclic) bond motifs is 1. The highest BCUT2D eigenvalue weighted by molar-refractivity contribution is 5.97. The predicted molar refractivity (Wildman–Crippen MR) is 100 cm³/mol. The molecule has 1 atom stereocenters. The number of amides is 3. The maximum Gasteiger partial charge on any atom is 0.243 e. The number of likely N-dealkylation sites (N-methyl/N-ethyl adjacent to an activating group) is 1. The van der Waals surface area contributed by atoms with E-state index in [0.717, 1.165) is 10.9 Å². The molecule has 26 heavy (non-hydrogen) atoms. The molecule has 0 saturated heterocycles. The van der Waals surface area contributed by atoms with Crippen LogP contribution in [0.25, 0.3) is 10.9 Å². The Morgan fingerprint density at radius 1 is 1.15 bits per heavy atom. The molecule has 0 bridgehead atoms. The van der Waals surface area contributed by atoms with E-state index >= 15 is 0 Å². The first kappa shape index (κ1) is 19.5. The number of rotatable bonds is 7. The van der Waals surface area contributed by atoms with Gasteiger partial charge in [-0.25, -0.2) is 0 Å². The highest BCUT2D eigenvalue weighted by Gasteiger charge is 2.17. The van der Waals surface area contributed by atoms with Crippen LogP contribution in [0, 0.1) is 5.92 Å². The van der Waals surface area contributed by atoms with Crippen LogP contribution in [0.4, 0.5) is 5.69 Å². The van der Waals surface area contributed by atoms with Crippen molar-refractivity contribution in [1.29, 1.82) is 0 Å². The molecule has 0 fully saturated rings. The van der Waals surface area contributed by atoms with E-state index in [2.05, 4.69) is 16.0 Å². The number of hydrogen-bond donors (Lipinski definition) is 4. The molecule has 8 heteroatoms. The number of aromatic nitrogens is 1. The third-order valence-electron chi connectivity index (χ3n) is 4.09. The smallest absolute Gasteiger partial charge is 0.243 e. The highest BCUT2D eigenvalue weighted by Crippen LogP contribution is 2.20. The van der Waals surface area contributed by atoms with Crippen LogP contribution in [0.3, 0.4) is 0 Å². The fourth-order valence-corrected chi connectivity index (χ4v) is 2.43. The average Bonchev–Trinajstić information content (AvgIpc) is 3.00. The summed E-state index contributed by atoms with van der Waals surface area (Å²) in [6.45, 7) is 3.72. The van der Waals surface area contributed by atoms with Crippen LogP contribution < -0.4 is 21.7 Å². The Bertz CT molecular complexity index is 812. The molecule has 5 N–H and O–H groups in total. The summed E-state index contributed by atoms with van der Waals surface area (Å²) >= 11 is 0. The molecule has 0 aliphatic heterocycles. The van der Waals surface area contributed by atoms with Gasteiger partial charge in [0.25, 0.3) is 0 Å². The summed E-state index contributed by atoms with van der Waals surface area (Å²) in [6.07, 6.45) is 1.82. The van der Waals surface area contributed by atoms with Gasteiger partial charge in [-0.1, -0.05) is 19.9 Å². The third kappa shape index (κ3) is 4.82. The van der Waals surface area contributed by atoms with Crippen LogP contribution >= 0.6 is 0 Å². The van der Waals surface area contributed by atoms with Gasteiger partial charge in [0.05, 0.1) is 18.1 Å². The first-order valence-corrected chi connectivity index (χ1v) is 8.44. The van der Waals surface area contributed by atoms with Crippen molar-refractivity contribution in [2.75, 3.05) is 18.9 Å². The van der Waals surface area contributed by atoms with E-state index in [1.165, 1.54) is 0 Å². The minimum atomic E-state index is -0.646. The molecule has 2 aromatic rings. The van der Waals surface area contributed by atoms with E-state index in [0.29, 0.717) is 5.69 Å². The zero-order valence-corrected chi connectivity index (χ0v) is 15.2. The van der Waals surface area contributed by atoms with E-state index < -0.39 is 6.04 Å². The van der Waals surface area contributed by atoms with Gasteiger partial charge < -0.3 is 26.3 Å². The molecule has 1 aromatic heterocycles. The van der Waals surface area contributed by atoms with E-state index in [1.54, 1.807) is 23.7 Å². The van der Waals surface area contributed by atoms with E-state index in [4.69, 9.17) is 5.73 Å². The maximum atomic E-state index is 12.1. The molecule has 8 nitrogen and oxygen atoms in total. The molecular weight excluding hydrogens is 334 g/mol. The molecule has 2 rings (SSSR count). The Morgan fingerprint density at radius 3 is 2.54 bits per heavy atom. The van der Waals surface area contributed by atoms with Gasteiger partial charge in [0.2, 0.25) is 17.7 Å². The van der Waals surface area contributed by atoms with Gasteiger partial charge in [0, 0.05) is 18.9 Å². The van der Waals surface area contributed by atoms with E-state index in [1.807, 2.05) is 32.2 Å². The lowest BCUT2D eigenvalue weighted by Gasteiger charge is -2.15. The predicted octanol–water partition coefficient (Wildman–Crippen LogP) is 0.425. The second-order valence-corrected chi connectivity index (χ2v) is 6.43. The number of carbonyl (C=O) groups excluding carboxylic acids is 3. The Labute approximate surface area is 152 Å². The lowest BCUT2D eigenvalue weighted by molar-refractivity contribution is -0.125. The monoisotopic (exact) mass is 359 g/mol. The molecule has 0 saturated carbocycles. The van der Waals surface area contributed by atoms with Crippen molar-refractivity contribution in [2.24, 2.45) is 11.7 Å². The third-order valence-corrected chi connectivity index (χ3v) is 4.09. The first-order valence-electron chi connectivity index (χ1n) is 8.44. The molecule has 0 aliphatic rings. The Hall–Kier alpha value is -2.87. The molecule has 0 unspecified atom stereocenters. The quantitative estimate of drug-likeness (QED) is 0.573. The molecule has 3 amide bonds. The van der Waals surface area contributed by atoms with Crippen molar-refractivity contribution >= 4 is 34.3 Å². The summed E-state index contributed by atoms with van der Waals surface area (Å²) in [6, 6.07) is 6.67. The van der Waals surface area contributed by atoms with Crippen molar-refractivity contribution in [3.05, 3.63) is 30.5 Å². The maximum absolute atomic E-state index is 12.1. The van der Waals surface area contributed by atoms with Crippen LogP contribution in [0.2, 0.25) is 0 Å². The SMILES string of the molecule is CNC(=O)Cn1ccc2ccc(NC(=O)CNC(=O)[C@@H](N)C(C)C)cc21. The molecule has 1 heterocycles. The molecule has 1 aromatic carbocycles. The number of nitrogens with one attached hydrogen (secondary N) is 3. The van der Waals surface area contributed by atoms with Gasteiger partial charge in [-0.05, 0) is 29.5 Å². The van der Waals surface area contributed by atoms with E-state index in [9.17, 15) is 14.4 Å². The Morgan fingerprint density at radius 2 is 1.88 bits per heavy atom. The zero-order chi connectivity index (χ0) is 19.3. The number of nitrogens with zero attached hydrogens (tertiary/aromatic N) is 1. The van der Waals surface area contributed by atoms with Gasteiger partial charge in [-0.2, -0.15) is 0 Å². The highest BCUT2D eigenvalue weighted by atomic mass is 16.2. The minimum absolute atomic E-state index is 0.00595. The van der Waals surface area contributed by atoms with Gasteiger partial charge in [-0.15, -0.1) is 0 Å². The van der Waals surface area contributed by atoms with Crippen molar-refractivity contribution in [1.82, 2.24) is 15.2 Å². The summed E-state index contributed by atoms with van der Waals surface area (Å²) in [7, 11) is 1.58. The summed E-state index contributed by atoms with van der Waals surface area (Å²) in [5.41, 5.74) is 7.15. The lowest BCUT2D eigenvalue weighted by Crippen LogP contribution is -2.46. The number of benzene rings is 1. The largest absolute Gasteiger partial charge is 0.358 e. The average molecular weight is 359 g/mol. The fraction of sp³-hybridized carbons (Fsp3) is 0.389. The van der Waals surface area contributed by atoms with Crippen LogP contribution in [0.15, 0.2) is 30.5 Å². The van der Waals surface area contributed by atoms with Crippen LogP contribution in [0.5, 0.6) is 0 Å². The van der Waals surface area contributed by atoms with Gasteiger partial charge in [0.1, 0.15) is 6.54 Å².